The maximum absolute atomic E-state index is 12.2. The number of carboxylic acids is 1. The molecule has 1 fully saturated rings. The van der Waals surface area contributed by atoms with E-state index >= 15 is 0 Å². The molecule has 6 nitrogen and oxygen atoms in total. The van der Waals surface area contributed by atoms with Crippen LogP contribution in [0.3, 0.4) is 0 Å². The highest BCUT2D eigenvalue weighted by Gasteiger charge is 2.22. The standard InChI is InChI=1S/C17H23NO5S/c1-11-4-3-5-12(6-11)7-16(19)18-14-8-13(17(20)21)9-15(10-14)24(2,22)23/h8-12H,3-7H2,1-2H3,(H,18,19)(H,20,21). The first-order valence-corrected chi connectivity index (χ1v) is 9.92. The van der Waals surface area contributed by atoms with E-state index in [1.165, 1.54) is 18.6 Å². The Hall–Kier alpha value is -1.89. The van der Waals surface area contributed by atoms with Crippen LogP contribution in [0.25, 0.3) is 0 Å². The maximum Gasteiger partial charge on any atom is 0.335 e. The van der Waals surface area contributed by atoms with Crippen LogP contribution in [0.4, 0.5) is 5.69 Å². The second-order valence-electron chi connectivity index (χ2n) is 6.71. The monoisotopic (exact) mass is 353 g/mol. The van der Waals surface area contributed by atoms with Gasteiger partial charge in [0.05, 0.1) is 10.5 Å². The van der Waals surface area contributed by atoms with Crippen molar-refractivity contribution in [2.24, 2.45) is 11.8 Å². The van der Waals surface area contributed by atoms with E-state index in [0.29, 0.717) is 18.3 Å². The quantitative estimate of drug-likeness (QED) is 0.847. The molecule has 2 atom stereocenters. The van der Waals surface area contributed by atoms with E-state index < -0.39 is 15.8 Å². The number of nitrogens with one attached hydrogen (secondary N) is 1. The van der Waals surface area contributed by atoms with Gasteiger partial charge in [0.25, 0.3) is 0 Å². The zero-order valence-corrected chi connectivity index (χ0v) is 14.7. The molecule has 2 unspecified atom stereocenters. The van der Waals surface area contributed by atoms with Crippen molar-refractivity contribution in [2.75, 3.05) is 11.6 Å². The Labute approximate surface area is 142 Å². The van der Waals surface area contributed by atoms with Gasteiger partial charge in [-0.2, -0.15) is 0 Å². The second-order valence-corrected chi connectivity index (χ2v) is 8.73. The number of carbonyl (C=O) groups excluding carboxylic acids is 1. The summed E-state index contributed by atoms with van der Waals surface area (Å²) in [5.41, 5.74) is 0.0312. The third-order valence-corrected chi connectivity index (χ3v) is 5.48. The highest BCUT2D eigenvalue weighted by Crippen LogP contribution is 2.31. The van der Waals surface area contributed by atoms with Crippen LogP contribution in [0.1, 0.15) is 49.4 Å². The van der Waals surface area contributed by atoms with Gasteiger partial charge in [-0.05, 0) is 42.9 Å². The van der Waals surface area contributed by atoms with Crippen molar-refractivity contribution in [2.45, 2.75) is 43.9 Å². The Morgan fingerprint density at radius 2 is 1.96 bits per heavy atom. The normalized spacial score (nSPS) is 21.2. The number of aromatic carboxylic acids is 1. The number of benzene rings is 1. The molecule has 1 aromatic carbocycles. The van der Waals surface area contributed by atoms with Gasteiger partial charge in [-0.3, -0.25) is 4.79 Å². The van der Waals surface area contributed by atoms with Crippen LogP contribution in [0, 0.1) is 11.8 Å². The molecule has 1 amide bonds. The van der Waals surface area contributed by atoms with Gasteiger partial charge < -0.3 is 10.4 Å². The molecular formula is C17H23NO5S. The van der Waals surface area contributed by atoms with Gasteiger partial charge >= 0.3 is 5.97 Å². The smallest absolute Gasteiger partial charge is 0.335 e. The zero-order valence-electron chi connectivity index (χ0n) is 13.9. The third kappa shape index (κ3) is 5.06. The number of rotatable bonds is 5. The van der Waals surface area contributed by atoms with Crippen molar-refractivity contribution in [3.8, 4) is 0 Å². The average Bonchev–Trinajstić information content (AvgIpc) is 2.45. The van der Waals surface area contributed by atoms with Crippen LogP contribution in [0.5, 0.6) is 0 Å². The summed E-state index contributed by atoms with van der Waals surface area (Å²) in [6.07, 6.45) is 5.71. The Kier molecular flexibility index (Phi) is 5.64. The Morgan fingerprint density at radius 3 is 2.54 bits per heavy atom. The van der Waals surface area contributed by atoms with Crippen molar-refractivity contribution in [1.29, 1.82) is 0 Å². The lowest BCUT2D eigenvalue weighted by molar-refractivity contribution is -0.117. The van der Waals surface area contributed by atoms with Crippen molar-refractivity contribution in [1.82, 2.24) is 0 Å². The molecule has 0 aromatic heterocycles. The molecule has 0 bridgehead atoms. The van der Waals surface area contributed by atoms with Crippen LogP contribution < -0.4 is 5.32 Å². The van der Waals surface area contributed by atoms with E-state index in [1.807, 2.05) is 0 Å². The molecule has 0 radical (unpaired) electrons. The first-order valence-electron chi connectivity index (χ1n) is 8.03. The average molecular weight is 353 g/mol. The number of hydrogen-bond acceptors (Lipinski definition) is 4. The van der Waals surface area contributed by atoms with Gasteiger partial charge in [-0.15, -0.1) is 0 Å². The Morgan fingerprint density at radius 1 is 1.25 bits per heavy atom. The van der Waals surface area contributed by atoms with Gasteiger partial charge in [0.15, 0.2) is 9.84 Å². The van der Waals surface area contributed by atoms with Gasteiger partial charge in [0.2, 0.25) is 5.91 Å². The molecule has 132 valence electrons. The van der Waals surface area contributed by atoms with Gasteiger partial charge in [0.1, 0.15) is 0 Å². The number of carboxylic acid groups (broad SMARTS) is 1. The zero-order chi connectivity index (χ0) is 17.9. The number of hydrogen-bond donors (Lipinski definition) is 2. The van der Waals surface area contributed by atoms with E-state index in [0.717, 1.165) is 31.6 Å². The van der Waals surface area contributed by atoms with E-state index in [1.54, 1.807) is 0 Å². The van der Waals surface area contributed by atoms with E-state index in [9.17, 15) is 18.0 Å². The maximum atomic E-state index is 12.2. The van der Waals surface area contributed by atoms with Crippen LogP contribution >= 0.6 is 0 Å². The molecule has 1 aromatic rings. The SMILES string of the molecule is CC1CCCC(CC(=O)Nc2cc(C(=O)O)cc(S(C)(=O)=O)c2)C1. The van der Waals surface area contributed by atoms with Crippen LogP contribution in [-0.4, -0.2) is 31.7 Å². The van der Waals surface area contributed by atoms with E-state index in [-0.39, 0.29) is 22.1 Å². The minimum Gasteiger partial charge on any atom is -0.478 e. The summed E-state index contributed by atoms with van der Waals surface area (Å²) in [7, 11) is -3.57. The molecule has 1 aliphatic rings. The minimum atomic E-state index is -3.57. The van der Waals surface area contributed by atoms with Crippen LogP contribution in [-0.2, 0) is 14.6 Å². The summed E-state index contributed by atoms with van der Waals surface area (Å²) >= 11 is 0. The highest BCUT2D eigenvalue weighted by molar-refractivity contribution is 7.90. The number of amides is 1. The first-order chi connectivity index (χ1) is 11.1. The molecule has 24 heavy (non-hydrogen) atoms. The lowest BCUT2D eigenvalue weighted by atomic mass is 9.81. The third-order valence-electron chi connectivity index (χ3n) is 4.38. The topological polar surface area (TPSA) is 101 Å². The molecule has 1 aliphatic carbocycles. The fourth-order valence-corrected chi connectivity index (χ4v) is 3.91. The van der Waals surface area contributed by atoms with Crippen molar-refractivity contribution >= 4 is 27.4 Å². The lowest BCUT2D eigenvalue weighted by Gasteiger charge is -2.26. The largest absolute Gasteiger partial charge is 0.478 e. The second kappa shape index (κ2) is 7.34. The van der Waals surface area contributed by atoms with E-state index in [4.69, 9.17) is 5.11 Å². The summed E-state index contributed by atoms with van der Waals surface area (Å²) in [5.74, 6) is -0.511. The summed E-state index contributed by atoms with van der Waals surface area (Å²) in [5, 5.41) is 11.8. The molecular weight excluding hydrogens is 330 g/mol. The summed E-state index contributed by atoms with van der Waals surface area (Å²) in [6.45, 7) is 2.18. The number of anilines is 1. The fourth-order valence-electron chi connectivity index (χ4n) is 3.23. The van der Waals surface area contributed by atoms with Crippen molar-refractivity contribution in [3.63, 3.8) is 0 Å². The molecule has 1 saturated carbocycles. The minimum absolute atomic E-state index is 0.121. The van der Waals surface area contributed by atoms with E-state index in [2.05, 4.69) is 12.2 Å². The van der Waals surface area contributed by atoms with Gasteiger partial charge in [-0.1, -0.05) is 19.8 Å². The first kappa shape index (κ1) is 18.4. The summed E-state index contributed by atoms with van der Waals surface area (Å²) in [6, 6.07) is 3.66. The van der Waals surface area contributed by atoms with Gasteiger partial charge in [0, 0.05) is 18.4 Å². The molecule has 0 saturated heterocycles. The highest BCUT2D eigenvalue weighted by atomic mass is 32.2. The number of carbonyl (C=O) groups is 2. The Bertz CT molecular complexity index is 741. The summed E-state index contributed by atoms with van der Waals surface area (Å²) in [4.78, 5) is 23.3. The molecule has 7 heteroatoms. The predicted molar refractivity (Wildman–Crippen MR) is 90.9 cm³/mol. The summed E-state index contributed by atoms with van der Waals surface area (Å²) < 4.78 is 23.4. The van der Waals surface area contributed by atoms with Crippen molar-refractivity contribution < 1.29 is 23.1 Å². The van der Waals surface area contributed by atoms with Crippen LogP contribution in [0.2, 0.25) is 0 Å². The molecule has 2 N–H and O–H groups in total. The van der Waals surface area contributed by atoms with Gasteiger partial charge in [-0.25, -0.2) is 13.2 Å². The lowest BCUT2D eigenvalue weighted by Crippen LogP contribution is -2.21. The molecule has 0 heterocycles. The number of sulfone groups is 1. The molecule has 0 spiro atoms. The fraction of sp³-hybridized carbons (Fsp3) is 0.529. The predicted octanol–water partition coefficient (Wildman–Crippen LogP) is 2.94. The molecule has 2 rings (SSSR count). The van der Waals surface area contributed by atoms with Crippen LogP contribution in [0.15, 0.2) is 23.1 Å². The van der Waals surface area contributed by atoms with Crippen molar-refractivity contribution in [3.05, 3.63) is 23.8 Å². The molecule has 0 aliphatic heterocycles. The Balaban J connectivity index is 2.14.